The van der Waals surface area contributed by atoms with Crippen molar-refractivity contribution < 1.29 is 13.2 Å². The number of carbonyl (C=O) groups is 1. The second-order valence-corrected chi connectivity index (χ2v) is 9.27. The standard InChI is InChI=1S/C25H23N5O3S/c26-19-22-7-4-13-27-24(22)29-14-16-30(17-15-29)25(31)21-8-10-23(11-9-21)28-34(32,33)18-12-20-5-2-1-3-6-20/h1-13,18,28H,14-17H2/b18-12+. The van der Waals surface area contributed by atoms with Gasteiger partial charge in [-0.25, -0.2) is 13.4 Å². The number of nitrogens with one attached hydrogen (secondary N) is 1. The number of nitrogens with zero attached hydrogens (tertiary/aromatic N) is 4. The van der Waals surface area contributed by atoms with Crippen LogP contribution in [0.25, 0.3) is 6.08 Å². The molecule has 1 aromatic heterocycles. The molecule has 0 spiro atoms. The first kappa shape index (κ1) is 23.0. The Bertz CT molecular complexity index is 1320. The highest BCUT2D eigenvalue weighted by molar-refractivity contribution is 7.95. The van der Waals surface area contributed by atoms with Crippen molar-refractivity contribution in [1.82, 2.24) is 9.88 Å². The van der Waals surface area contributed by atoms with Crippen molar-refractivity contribution >= 4 is 33.5 Å². The van der Waals surface area contributed by atoms with Gasteiger partial charge in [-0.1, -0.05) is 30.3 Å². The number of hydrogen-bond acceptors (Lipinski definition) is 6. The first-order valence-corrected chi connectivity index (χ1v) is 12.3. The Balaban J connectivity index is 1.35. The Labute approximate surface area is 198 Å². The molecule has 0 aliphatic carbocycles. The Morgan fingerprint density at radius 3 is 2.35 bits per heavy atom. The van der Waals surface area contributed by atoms with E-state index in [1.807, 2.05) is 35.2 Å². The summed E-state index contributed by atoms with van der Waals surface area (Å²) in [5.41, 5.74) is 2.14. The van der Waals surface area contributed by atoms with E-state index in [4.69, 9.17) is 0 Å². The molecule has 1 N–H and O–H groups in total. The summed E-state index contributed by atoms with van der Waals surface area (Å²) in [7, 11) is -3.68. The molecule has 0 atom stereocenters. The molecule has 9 heteroatoms. The van der Waals surface area contributed by atoms with Crippen LogP contribution in [0.3, 0.4) is 0 Å². The van der Waals surface area contributed by atoms with E-state index in [1.54, 1.807) is 47.5 Å². The van der Waals surface area contributed by atoms with Gasteiger partial charge in [-0.2, -0.15) is 5.26 Å². The number of rotatable bonds is 6. The van der Waals surface area contributed by atoms with Gasteiger partial charge in [-0.3, -0.25) is 9.52 Å². The number of piperazine rings is 1. The van der Waals surface area contributed by atoms with Crippen molar-refractivity contribution in [2.24, 2.45) is 0 Å². The number of sulfonamides is 1. The smallest absolute Gasteiger partial charge is 0.255 e. The first-order valence-electron chi connectivity index (χ1n) is 10.7. The van der Waals surface area contributed by atoms with Crippen LogP contribution in [-0.2, 0) is 10.0 Å². The summed E-state index contributed by atoms with van der Waals surface area (Å²) < 4.78 is 27.1. The van der Waals surface area contributed by atoms with E-state index in [0.717, 1.165) is 11.0 Å². The van der Waals surface area contributed by atoms with Crippen LogP contribution in [0.15, 0.2) is 78.3 Å². The van der Waals surface area contributed by atoms with Crippen LogP contribution in [-0.4, -0.2) is 50.4 Å². The summed E-state index contributed by atoms with van der Waals surface area (Å²) in [6, 6.07) is 21.1. The molecular weight excluding hydrogens is 450 g/mol. The van der Waals surface area contributed by atoms with E-state index in [9.17, 15) is 18.5 Å². The van der Waals surface area contributed by atoms with Crippen LogP contribution in [0.2, 0.25) is 0 Å². The molecule has 0 unspecified atom stereocenters. The number of hydrogen-bond donors (Lipinski definition) is 1. The summed E-state index contributed by atoms with van der Waals surface area (Å²) in [5.74, 6) is 0.509. The van der Waals surface area contributed by atoms with E-state index in [-0.39, 0.29) is 5.91 Å². The average molecular weight is 474 g/mol. The second-order valence-electron chi connectivity index (χ2n) is 7.70. The van der Waals surface area contributed by atoms with E-state index >= 15 is 0 Å². The number of pyridine rings is 1. The molecule has 0 radical (unpaired) electrons. The fourth-order valence-electron chi connectivity index (χ4n) is 3.65. The fourth-order valence-corrected chi connectivity index (χ4v) is 4.52. The molecule has 0 saturated carbocycles. The number of aromatic nitrogens is 1. The summed E-state index contributed by atoms with van der Waals surface area (Å²) in [6.45, 7) is 2.14. The van der Waals surface area contributed by atoms with E-state index in [2.05, 4.69) is 15.8 Å². The normalized spacial score (nSPS) is 14.1. The Hall–Kier alpha value is -4.16. The Kier molecular flexibility index (Phi) is 6.90. The zero-order chi connectivity index (χ0) is 24.0. The fraction of sp³-hybridized carbons (Fsp3) is 0.160. The lowest BCUT2D eigenvalue weighted by Crippen LogP contribution is -2.49. The number of benzene rings is 2. The maximum atomic E-state index is 12.9. The minimum atomic E-state index is -3.68. The maximum absolute atomic E-state index is 12.9. The molecule has 34 heavy (non-hydrogen) atoms. The lowest BCUT2D eigenvalue weighted by Gasteiger charge is -2.35. The van der Waals surface area contributed by atoms with Gasteiger partial charge in [-0.15, -0.1) is 0 Å². The Morgan fingerprint density at radius 1 is 0.971 bits per heavy atom. The molecular formula is C25H23N5O3S. The van der Waals surface area contributed by atoms with Gasteiger partial charge in [0.25, 0.3) is 15.9 Å². The first-order chi connectivity index (χ1) is 16.4. The number of anilines is 2. The predicted octanol–water partition coefficient (Wildman–Crippen LogP) is 3.33. The second kappa shape index (κ2) is 10.2. The Morgan fingerprint density at radius 2 is 1.68 bits per heavy atom. The number of nitriles is 1. The van der Waals surface area contributed by atoms with Crippen molar-refractivity contribution in [3.8, 4) is 6.07 Å². The van der Waals surface area contributed by atoms with Crippen molar-refractivity contribution in [1.29, 1.82) is 5.26 Å². The topological polar surface area (TPSA) is 106 Å². The molecule has 1 amide bonds. The quantitative estimate of drug-likeness (QED) is 0.589. The van der Waals surface area contributed by atoms with Gasteiger partial charge in [0.1, 0.15) is 11.9 Å². The molecule has 1 saturated heterocycles. The lowest BCUT2D eigenvalue weighted by molar-refractivity contribution is 0.0746. The minimum Gasteiger partial charge on any atom is -0.352 e. The molecule has 2 aromatic carbocycles. The lowest BCUT2D eigenvalue weighted by atomic mass is 10.1. The van der Waals surface area contributed by atoms with Crippen LogP contribution >= 0.6 is 0 Å². The van der Waals surface area contributed by atoms with Crippen LogP contribution < -0.4 is 9.62 Å². The summed E-state index contributed by atoms with van der Waals surface area (Å²) in [4.78, 5) is 21.0. The zero-order valence-corrected chi connectivity index (χ0v) is 19.1. The largest absolute Gasteiger partial charge is 0.352 e. The van der Waals surface area contributed by atoms with Gasteiger partial charge in [0.15, 0.2) is 0 Å². The maximum Gasteiger partial charge on any atom is 0.255 e. The molecule has 2 heterocycles. The van der Waals surface area contributed by atoms with Gasteiger partial charge in [0.2, 0.25) is 0 Å². The molecule has 1 fully saturated rings. The highest BCUT2D eigenvalue weighted by Gasteiger charge is 2.24. The van der Waals surface area contributed by atoms with E-state index in [0.29, 0.717) is 48.8 Å². The van der Waals surface area contributed by atoms with Gasteiger partial charge in [0, 0.05) is 43.6 Å². The van der Waals surface area contributed by atoms with Crippen molar-refractivity contribution in [3.05, 3.63) is 95.0 Å². The summed E-state index contributed by atoms with van der Waals surface area (Å²) >= 11 is 0. The van der Waals surface area contributed by atoms with Gasteiger partial charge < -0.3 is 9.80 Å². The van der Waals surface area contributed by atoms with Gasteiger partial charge in [-0.05, 0) is 48.0 Å². The zero-order valence-electron chi connectivity index (χ0n) is 18.3. The third kappa shape index (κ3) is 5.60. The predicted molar refractivity (Wildman–Crippen MR) is 132 cm³/mol. The summed E-state index contributed by atoms with van der Waals surface area (Å²) in [5, 5.41) is 10.4. The molecule has 3 aromatic rings. The molecule has 0 bridgehead atoms. The molecule has 1 aliphatic rings. The monoisotopic (exact) mass is 473 g/mol. The third-order valence-electron chi connectivity index (χ3n) is 5.40. The number of carbonyl (C=O) groups excluding carboxylic acids is 1. The van der Waals surface area contributed by atoms with Crippen molar-refractivity contribution in [2.45, 2.75) is 0 Å². The minimum absolute atomic E-state index is 0.125. The third-order valence-corrected chi connectivity index (χ3v) is 6.42. The van der Waals surface area contributed by atoms with Crippen LogP contribution in [0, 0.1) is 11.3 Å². The summed E-state index contributed by atoms with van der Waals surface area (Å²) in [6.07, 6.45) is 3.17. The van der Waals surface area contributed by atoms with Crippen molar-refractivity contribution in [3.63, 3.8) is 0 Å². The van der Waals surface area contributed by atoms with E-state index in [1.165, 1.54) is 6.08 Å². The number of amides is 1. The highest BCUT2D eigenvalue weighted by Crippen LogP contribution is 2.20. The molecule has 172 valence electrons. The highest BCUT2D eigenvalue weighted by atomic mass is 32.2. The molecule has 4 rings (SSSR count). The van der Waals surface area contributed by atoms with Crippen LogP contribution in [0.4, 0.5) is 11.5 Å². The van der Waals surface area contributed by atoms with Gasteiger partial charge in [0.05, 0.1) is 11.0 Å². The van der Waals surface area contributed by atoms with Crippen LogP contribution in [0.1, 0.15) is 21.5 Å². The van der Waals surface area contributed by atoms with Crippen molar-refractivity contribution in [2.75, 3.05) is 35.8 Å². The van der Waals surface area contributed by atoms with Gasteiger partial charge >= 0.3 is 0 Å². The SMILES string of the molecule is N#Cc1cccnc1N1CCN(C(=O)c2ccc(NS(=O)(=O)/C=C/c3ccccc3)cc2)CC1. The van der Waals surface area contributed by atoms with E-state index < -0.39 is 10.0 Å². The molecule has 1 aliphatic heterocycles. The molecule has 8 nitrogen and oxygen atoms in total. The van der Waals surface area contributed by atoms with Crippen LogP contribution in [0.5, 0.6) is 0 Å². The average Bonchev–Trinajstić information content (AvgIpc) is 2.88.